The molecule has 3 nitrogen and oxygen atoms in total. The predicted molar refractivity (Wildman–Crippen MR) is 118 cm³/mol. The van der Waals surface area contributed by atoms with Crippen molar-refractivity contribution >= 4 is 23.6 Å². The highest BCUT2D eigenvalue weighted by Gasteiger charge is 2.26. The molecule has 0 amide bonds. The highest BCUT2D eigenvalue weighted by Crippen LogP contribution is 2.36. The maximum absolute atomic E-state index is 12.9. The molecule has 146 valence electrons. The maximum atomic E-state index is 12.9. The summed E-state index contributed by atoms with van der Waals surface area (Å²) in [5.41, 5.74) is 4.49. The van der Waals surface area contributed by atoms with Crippen molar-refractivity contribution in [2.45, 2.75) is 40.2 Å². The molecule has 2 aromatic carbocycles. The van der Waals surface area contributed by atoms with Gasteiger partial charge in [0.15, 0.2) is 5.78 Å². The van der Waals surface area contributed by atoms with Crippen LogP contribution in [-0.4, -0.2) is 24.5 Å². The number of carbonyl (C=O) groups is 1. The van der Waals surface area contributed by atoms with Crippen LogP contribution in [-0.2, 0) is 0 Å². The molecule has 0 fully saturated rings. The zero-order chi connectivity index (χ0) is 20.3. The van der Waals surface area contributed by atoms with E-state index in [0.717, 1.165) is 29.8 Å². The Morgan fingerprint density at radius 1 is 1.07 bits per heavy atom. The molecule has 1 heterocycles. The van der Waals surface area contributed by atoms with Crippen molar-refractivity contribution in [3.63, 3.8) is 0 Å². The average molecular weight is 376 g/mol. The zero-order valence-electron chi connectivity index (χ0n) is 17.5. The summed E-state index contributed by atoms with van der Waals surface area (Å²) in [5.74, 6) is 0.634. The van der Waals surface area contributed by atoms with Gasteiger partial charge in [-0.3, -0.25) is 4.79 Å². The second kappa shape index (κ2) is 8.05. The van der Waals surface area contributed by atoms with E-state index < -0.39 is 5.60 Å². The van der Waals surface area contributed by atoms with Crippen molar-refractivity contribution < 1.29 is 9.53 Å². The second-order valence-corrected chi connectivity index (χ2v) is 7.67. The van der Waals surface area contributed by atoms with E-state index in [1.165, 1.54) is 5.69 Å². The van der Waals surface area contributed by atoms with Gasteiger partial charge in [-0.25, -0.2) is 0 Å². The molecule has 0 unspecified atom stereocenters. The second-order valence-electron chi connectivity index (χ2n) is 7.67. The lowest BCUT2D eigenvalue weighted by molar-refractivity contribution is 0.103. The summed E-state index contributed by atoms with van der Waals surface area (Å²) in [6, 6.07) is 12.1. The Morgan fingerprint density at radius 3 is 2.39 bits per heavy atom. The summed E-state index contributed by atoms with van der Waals surface area (Å²) in [4.78, 5) is 15.2. The fraction of sp³-hybridized carbons (Fsp3) is 0.320. The molecule has 0 saturated carbocycles. The van der Waals surface area contributed by atoms with Crippen LogP contribution in [0.2, 0.25) is 0 Å². The third-order valence-electron chi connectivity index (χ3n) is 5.14. The Morgan fingerprint density at radius 2 is 1.75 bits per heavy atom. The third-order valence-corrected chi connectivity index (χ3v) is 5.14. The highest BCUT2D eigenvalue weighted by molar-refractivity contribution is 6.09. The van der Waals surface area contributed by atoms with Crippen LogP contribution >= 0.6 is 0 Å². The van der Waals surface area contributed by atoms with E-state index >= 15 is 0 Å². The molecule has 0 aromatic heterocycles. The van der Waals surface area contributed by atoms with Gasteiger partial charge in [-0.15, -0.1) is 0 Å². The van der Waals surface area contributed by atoms with Gasteiger partial charge in [-0.1, -0.05) is 30.4 Å². The molecular formula is C25H29NO2. The van der Waals surface area contributed by atoms with E-state index in [1.807, 2.05) is 57.2 Å². The first-order valence-corrected chi connectivity index (χ1v) is 9.94. The van der Waals surface area contributed by atoms with Gasteiger partial charge in [-0.2, -0.15) is 0 Å². The van der Waals surface area contributed by atoms with Gasteiger partial charge in [0.2, 0.25) is 0 Å². The lowest BCUT2D eigenvalue weighted by Gasteiger charge is -2.29. The summed E-state index contributed by atoms with van der Waals surface area (Å²) < 4.78 is 6.12. The summed E-state index contributed by atoms with van der Waals surface area (Å²) >= 11 is 0. The Kier molecular flexibility index (Phi) is 5.73. The number of aryl methyl sites for hydroxylation is 1. The number of ether oxygens (including phenoxy) is 1. The standard InChI is InChI=1S/C25H29NO2/c1-6-26(7-2)20-12-9-19(10-13-20)11-15-23(27)22-14-8-18(3)21-16-17-25(4,5)28-24(21)22/h8-17H,6-7H2,1-5H3/b15-11+. The zero-order valence-corrected chi connectivity index (χ0v) is 17.5. The first-order chi connectivity index (χ1) is 13.3. The smallest absolute Gasteiger partial charge is 0.189 e. The van der Waals surface area contributed by atoms with Gasteiger partial charge in [0, 0.05) is 24.3 Å². The average Bonchev–Trinajstić information content (AvgIpc) is 2.67. The number of ketones is 1. The van der Waals surface area contributed by atoms with Crippen LogP contribution in [0.15, 0.2) is 48.6 Å². The monoisotopic (exact) mass is 375 g/mol. The van der Waals surface area contributed by atoms with Gasteiger partial charge in [-0.05, 0) is 76.1 Å². The van der Waals surface area contributed by atoms with Crippen LogP contribution in [0.25, 0.3) is 12.2 Å². The Bertz CT molecular complexity index is 916. The molecule has 1 aliphatic rings. The summed E-state index contributed by atoms with van der Waals surface area (Å²) in [5, 5.41) is 0. The van der Waals surface area contributed by atoms with Gasteiger partial charge in [0.1, 0.15) is 11.4 Å². The SMILES string of the molecule is CCN(CC)c1ccc(/C=C/C(=O)c2ccc(C)c3c2OC(C)(C)C=C3)cc1. The minimum atomic E-state index is -0.417. The summed E-state index contributed by atoms with van der Waals surface area (Å²) in [7, 11) is 0. The molecule has 3 heteroatoms. The molecule has 0 atom stereocenters. The van der Waals surface area contributed by atoms with Gasteiger partial charge in [0.05, 0.1) is 5.56 Å². The van der Waals surface area contributed by atoms with Crippen molar-refractivity contribution in [2.75, 3.05) is 18.0 Å². The molecule has 1 aliphatic heterocycles. The minimum Gasteiger partial charge on any atom is -0.482 e. The minimum absolute atomic E-state index is 0.0461. The predicted octanol–water partition coefficient (Wildman–Crippen LogP) is 5.92. The Hall–Kier alpha value is -2.81. The fourth-order valence-electron chi connectivity index (χ4n) is 3.44. The molecule has 0 aliphatic carbocycles. The van der Waals surface area contributed by atoms with Crippen LogP contribution in [0.3, 0.4) is 0 Å². The first kappa shape index (κ1) is 19.9. The van der Waals surface area contributed by atoms with Gasteiger partial charge < -0.3 is 9.64 Å². The van der Waals surface area contributed by atoms with Crippen molar-refractivity contribution in [1.82, 2.24) is 0 Å². The van der Waals surface area contributed by atoms with E-state index in [2.05, 4.69) is 37.0 Å². The number of fused-ring (bicyclic) bond motifs is 1. The Balaban J connectivity index is 1.83. The molecule has 0 spiro atoms. The molecule has 2 aromatic rings. The molecule has 28 heavy (non-hydrogen) atoms. The van der Waals surface area contributed by atoms with E-state index in [0.29, 0.717) is 11.3 Å². The van der Waals surface area contributed by atoms with Crippen LogP contribution in [0.1, 0.15) is 54.7 Å². The van der Waals surface area contributed by atoms with Crippen LogP contribution < -0.4 is 9.64 Å². The Labute approximate surface area is 168 Å². The van der Waals surface area contributed by atoms with E-state index in [4.69, 9.17) is 4.74 Å². The van der Waals surface area contributed by atoms with Crippen molar-refractivity contribution in [3.05, 3.63) is 70.8 Å². The number of anilines is 1. The third kappa shape index (κ3) is 4.19. The van der Waals surface area contributed by atoms with Crippen LogP contribution in [0, 0.1) is 6.92 Å². The number of hydrogen-bond acceptors (Lipinski definition) is 3. The number of rotatable bonds is 6. The first-order valence-electron chi connectivity index (χ1n) is 9.94. The largest absolute Gasteiger partial charge is 0.482 e. The van der Waals surface area contributed by atoms with Crippen molar-refractivity contribution in [1.29, 1.82) is 0 Å². The molecular weight excluding hydrogens is 346 g/mol. The number of nitrogens with zero attached hydrogens (tertiary/aromatic N) is 1. The normalized spacial score (nSPS) is 14.6. The van der Waals surface area contributed by atoms with Gasteiger partial charge >= 0.3 is 0 Å². The molecule has 0 N–H and O–H groups in total. The quantitative estimate of drug-likeness (QED) is 0.463. The maximum Gasteiger partial charge on any atom is 0.189 e. The summed E-state index contributed by atoms with van der Waals surface area (Å²) in [6.45, 7) is 12.3. The van der Waals surface area contributed by atoms with Gasteiger partial charge in [0.25, 0.3) is 0 Å². The van der Waals surface area contributed by atoms with E-state index in [9.17, 15) is 4.79 Å². The molecule has 0 radical (unpaired) electrons. The highest BCUT2D eigenvalue weighted by atomic mass is 16.5. The number of allylic oxidation sites excluding steroid dienone is 1. The number of hydrogen-bond donors (Lipinski definition) is 0. The van der Waals surface area contributed by atoms with Crippen LogP contribution in [0.4, 0.5) is 5.69 Å². The number of carbonyl (C=O) groups excluding carboxylic acids is 1. The topological polar surface area (TPSA) is 29.5 Å². The fourth-order valence-corrected chi connectivity index (χ4v) is 3.44. The lowest BCUT2D eigenvalue weighted by atomic mass is 9.95. The molecule has 0 bridgehead atoms. The van der Waals surface area contributed by atoms with Crippen LogP contribution in [0.5, 0.6) is 5.75 Å². The molecule has 3 rings (SSSR count). The number of benzene rings is 2. The van der Waals surface area contributed by atoms with E-state index in [1.54, 1.807) is 6.08 Å². The lowest BCUT2D eigenvalue weighted by Crippen LogP contribution is -2.28. The van der Waals surface area contributed by atoms with Crippen molar-refractivity contribution in [2.24, 2.45) is 0 Å². The van der Waals surface area contributed by atoms with E-state index in [-0.39, 0.29) is 5.78 Å². The summed E-state index contributed by atoms with van der Waals surface area (Å²) in [6.07, 6.45) is 7.58. The molecule has 0 saturated heterocycles. The van der Waals surface area contributed by atoms with Crippen molar-refractivity contribution in [3.8, 4) is 5.75 Å².